The predicted octanol–water partition coefficient (Wildman–Crippen LogP) is 2.99. The molecule has 0 spiro atoms. The largest absolute Gasteiger partial charge is 0.341 e. The molecule has 1 saturated heterocycles. The Morgan fingerprint density at radius 2 is 1.57 bits per heavy atom. The van der Waals surface area contributed by atoms with E-state index in [4.69, 9.17) is 11.6 Å². The van der Waals surface area contributed by atoms with Crippen LogP contribution in [-0.4, -0.2) is 47.8 Å². The van der Waals surface area contributed by atoms with Gasteiger partial charge in [0, 0.05) is 37.6 Å². The summed E-state index contributed by atoms with van der Waals surface area (Å²) < 4.78 is 0. The summed E-state index contributed by atoms with van der Waals surface area (Å²) in [5.41, 5.74) is 0.969. The minimum atomic E-state index is 0.116. The van der Waals surface area contributed by atoms with Crippen LogP contribution in [0, 0.1) is 5.92 Å². The first kappa shape index (κ1) is 17.8. The molecular formula is C18H25ClN2O2. The fourth-order valence-electron chi connectivity index (χ4n) is 2.78. The van der Waals surface area contributed by atoms with Gasteiger partial charge in [-0.25, -0.2) is 0 Å². The first-order valence-corrected chi connectivity index (χ1v) is 8.63. The van der Waals surface area contributed by atoms with Crippen LogP contribution in [0.2, 0.25) is 5.02 Å². The average Bonchev–Trinajstić information content (AvgIpc) is 2.75. The van der Waals surface area contributed by atoms with Gasteiger partial charge in [-0.3, -0.25) is 9.59 Å². The molecule has 1 aliphatic rings. The lowest BCUT2D eigenvalue weighted by molar-refractivity contribution is -0.133. The Morgan fingerprint density at radius 3 is 2.13 bits per heavy atom. The number of halogens is 1. The van der Waals surface area contributed by atoms with E-state index in [0.717, 1.165) is 25.1 Å². The lowest BCUT2D eigenvalue weighted by Gasteiger charge is -2.23. The van der Waals surface area contributed by atoms with Gasteiger partial charge in [-0.1, -0.05) is 37.6 Å². The van der Waals surface area contributed by atoms with E-state index in [-0.39, 0.29) is 11.8 Å². The summed E-state index contributed by atoms with van der Waals surface area (Å²) in [5, 5.41) is 0.676. The second kappa shape index (κ2) is 8.34. The highest BCUT2D eigenvalue weighted by atomic mass is 35.5. The summed E-state index contributed by atoms with van der Waals surface area (Å²) in [6.45, 7) is 6.83. The van der Waals surface area contributed by atoms with E-state index in [1.54, 1.807) is 12.1 Å². The van der Waals surface area contributed by atoms with Crippen LogP contribution in [0.4, 0.5) is 0 Å². The SMILES string of the molecule is CC(C)CC(=O)N1CCCN(C(=O)Cc2ccc(Cl)cc2)CC1. The van der Waals surface area contributed by atoms with Crippen LogP contribution in [0.5, 0.6) is 0 Å². The molecule has 0 atom stereocenters. The van der Waals surface area contributed by atoms with Crippen LogP contribution in [0.3, 0.4) is 0 Å². The number of amides is 2. The number of hydrogen-bond acceptors (Lipinski definition) is 2. The standard InChI is InChI=1S/C18H25ClN2O2/c1-14(2)12-17(22)20-8-3-9-21(11-10-20)18(23)13-15-4-6-16(19)7-5-15/h4-7,14H,3,8-13H2,1-2H3. The third-order valence-electron chi connectivity index (χ3n) is 4.05. The van der Waals surface area contributed by atoms with Crippen molar-refractivity contribution >= 4 is 23.4 Å². The molecule has 0 radical (unpaired) electrons. The summed E-state index contributed by atoms with van der Waals surface area (Å²) in [6, 6.07) is 7.38. The molecule has 1 fully saturated rings. The van der Waals surface area contributed by atoms with Crippen molar-refractivity contribution in [2.75, 3.05) is 26.2 Å². The van der Waals surface area contributed by atoms with Gasteiger partial charge in [0.15, 0.2) is 0 Å². The molecule has 23 heavy (non-hydrogen) atoms. The molecular weight excluding hydrogens is 312 g/mol. The Bertz CT molecular complexity index is 542. The van der Waals surface area contributed by atoms with Gasteiger partial charge < -0.3 is 9.80 Å². The Labute approximate surface area is 143 Å². The first-order chi connectivity index (χ1) is 11.0. The second-order valence-corrected chi connectivity index (χ2v) is 6.95. The highest BCUT2D eigenvalue weighted by Gasteiger charge is 2.22. The number of benzene rings is 1. The molecule has 0 bridgehead atoms. The topological polar surface area (TPSA) is 40.6 Å². The molecule has 2 rings (SSSR count). The van der Waals surface area contributed by atoms with Crippen molar-refractivity contribution in [3.05, 3.63) is 34.9 Å². The molecule has 1 aromatic rings. The molecule has 1 heterocycles. The van der Waals surface area contributed by atoms with Crippen molar-refractivity contribution in [3.8, 4) is 0 Å². The fraction of sp³-hybridized carbons (Fsp3) is 0.556. The lowest BCUT2D eigenvalue weighted by Crippen LogP contribution is -2.38. The molecule has 0 N–H and O–H groups in total. The fourth-order valence-corrected chi connectivity index (χ4v) is 2.91. The van der Waals surface area contributed by atoms with E-state index in [1.165, 1.54) is 0 Å². The van der Waals surface area contributed by atoms with Crippen LogP contribution in [0.25, 0.3) is 0 Å². The Balaban J connectivity index is 1.88. The van der Waals surface area contributed by atoms with Crippen molar-refractivity contribution in [3.63, 3.8) is 0 Å². The third kappa shape index (κ3) is 5.54. The first-order valence-electron chi connectivity index (χ1n) is 8.25. The zero-order valence-electron chi connectivity index (χ0n) is 13.9. The lowest BCUT2D eigenvalue weighted by atomic mass is 10.1. The summed E-state index contributed by atoms with van der Waals surface area (Å²) in [4.78, 5) is 28.4. The van der Waals surface area contributed by atoms with Gasteiger partial charge in [0.2, 0.25) is 11.8 Å². The molecule has 0 unspecified atom stereocenters. The molecule has 4 nitrogen and oxygen atoms in total. The van der Waals surface area contributed by atoms with E-state index in [2.05, 4.69) is 13.8 Å². The third-order valence-corrected chi connectivity index (χ3v) is 4.30. The summed E-state index contributed by atoms with van der Waals surface area (Å²) in [6.07, 6.45) is 1.81. The van der Waals surface area contributed by atoms with E-state index in [9.17, 15) is 9.59 Å². The van der Waals surface area contributed by atoms with Crippen molar-refractivity contribution in [2.45, 2.75) is 33.1 Å². The zero-order chi connectivity index (χ0) is 16.8. The van der Waals surface area contributed by atoms with Crippen molar-refractivity contribution < 1.29 is 9.59 Å². The Hall–Kier alpha value is -1.55. The van der Waals surface area contributed by atoms with Crippen LogP contribution in [-0.2, 0) is 16.0 Å². The second-order valence-electron chi connectivity index (χ2n) is 6.52. The van der Waals surface area contributed by atoms with Crippen molar-refractivity contribution in [1.82, 2.24) is 9.80 Å². The molecule has 2 amide bonds. The van der Waals surface area contributed by atoms with Gasteiger partial charge in [-0.05, 0) is 30.0 Å². The molecule has 0 aliphatic carbocycles. The maximum absolute atomic E-state index is 12.4. The highest BCUT2D eigenvalue weighted by molar-refractivity contribution is 6.30. The number of rotatable bonds is 4. The van der Waals surface area contributed by atoms with Gasteiger partial charge in [0.05, 0.1) is 6.42 Å². The van der Waals surface area contributed by atoms with Gasteiger partial charge in [0.25, 0.3) is 0 Å². The molecule has 0 saturated carbocycles. The quantitative estimate of drug-likeness (QED) is 0.848. The molecule has 126 valence electrons. The Morgan fingerprint density at radius 1 is 1.00 bits per heavy atom. The molecule has 5 heteroatoms. The summed E-state index contributed by atoms with van der Waals surface area (Å²) in [7, 11) is 0. The molecule has 1 aliphatic heterocycles. The smallest absolute Gasteiger partial charge is 0.227 e. The maximum Gasteiger partial charge on any atom is 0.227 e. The summed E-state index contributed by atoms with van der Waals surface area (Å²) >= 11 is 5.87. The maximum atomic E-state index is 12.4. The highest BCUT2D eigenvalue weighted by Crippen LogP contribution is 2.13. The number of carbonyl (C=O) groups is 2. The minimum absolute atomic E-state index is 0.116. The average molecular weight is 337 g/mol. The predicted molar refractivity (Wildman–Crippen MR) is 92.4 cm³/mol. The van der Waals surface area contributed by atoms with Gasteiger partial charge in [-0.15, -0.1) is 0 Å². The van der Waals surface area contributed by atoms with Crippen LogP contribution < -0.4 is 0 Å². The summed E-state index contributed by atoms with van der Waals surface area (Å²) in [5.74, 6) is 0.686. The van der Waals surface area contributed by atoms with Crippen molar-refractivity contribution in [2.24, 2.45) is 5.92 Å². The zero-order valence-corrected chi connectivity index (χ0v) is 14.7. The van der Waals surface area contributed by atoms with Gasteiger partial charge in [0.1, 0.15) is 0 Å². The number of carbonyl (C=O) groups excluding carboxylic acids is 2. The van der Waals surface area contributed by atoms with Gasteiger partial charge in [-0.2, -0.15) is 0 Å². The normalized spacial score (nSPS) is 15.7. The van der Waals surface area contributed by atoms with E-state index < -0.39 is 0 Å². The Kier molecular flexibility index (Phi) is 6.46. The minimum Gasteiger partial charge on any atom is -0.341 e. The van der Waals surface area contributed by atoms with Crippen molar-refractivity contribution in [1.29, 1.82) is 0 Å². The van der Waals surface area contributed by atoms with E-state index in [1.807, 2.05) is 21.9 Å². The molecule has 1 aromatic carbocycles. The van der Waals surface area contributed by atoms with Gasteiger partial charge >= 0.3 is 0 Å². The van der Waals surface area contributed by atoms with E-state index >= 15 is 0 Å². The number of nitrogens with zero attached hydrogens (tertiary/aromatic N) is 2. The number of hydrogen-bond donors (Lipinski definition) is 0. The van der Waals surface area contributed by atoms with Crippen LogP contribution in [0.1, 0.15) is 32.3 Å². The monoisotopic (exact) mass is 336 g/mol. The van der Waals surface area contributed by atoms with E-state index in [0.29, 0.717) is 36.9 Å². The molecule has 0 aromatic heterocycles. The van der Waals surface area contributed by atoms with Crippen LogP contribution in [0.15, 0.2) is 24.3 Å². The van der Waals surface area contributed by atoms with Crippen LogP contribution >= 0.6 is 11.6 Å².